The van der Waals surface area contributed by atoms with Gasteiger partial charge in [0.1, 0.15) is 11.9 Å². The molecule has 0 aromatic carbocycles. The van der Waals surface area contributed by atoms with Crippen molar-refractivity contribution < 1.29 is 9.53 Å². The van der Waals surface area contributed by atoms with E-state index in [0.717, 1.165) is 59.4 Å². The van der Waals surface area contributed by atoms with Crippen molar-refractivity contribution in [2.75, 3.05) is 17.7 Å². The number of hydrogen-bond acceptors (Lipinski definition) is 7. The fourth-order valence-electron chi connectivity index (χ4n) is 4.26. The number of aromatic nitrogens is 4. The molecular weight excluding hydrogens is 456 g/mol. The number of carbonyl (C=O) groups is 1. The van der Waals surface area contributed by atoms with Gasteiger partial charge in [-0.25, -0.2) is 0 Å². The number of ether oxygens (including phenoxy) is 1. The maximum absolute atomic E-state index is 13.0. The Kier molecular flexibility index (Phi) is 6.27. The van der Waals surface area contributed by atoms with Crippen LogP contribution in [0.25, 0.3) is 10.7 Å². The Balaban J connectivity index is 1.32. The minimum absolute atomic E-state index is 0.111. The monoisotopic (exact) mass is 482 g/mol. The van der Waals surface area contributed by atoms with Gasteiger partial charge in [0.15, 0.2) is 11.0 Å². The van der Waals surface area contributed by atoms with Crippen molar-refractivity contribution in [2.24, 2.45) is 0 Å². The van der Waals surface area contributed by atoms with Crippen LogP contribution in [0.1, 0.15) is 48.5 Å². The third-order valence-electron chi connectivity index (χ3n) is 6.26. The molecule has 10 heteroatoms. The van der Waals surface area contributed by atoms with E-state index in [-0.39, 0.29) is 17.8 Å². The smallest absolute Gasteiger partial charge is 0.235 e. The second-order valence-electron chi connectivity index (χ2n) is 8.51. The molecule has 1 atom stereocenters. The number of hydrogen-bond donors (Lipinski definition) is 1. The molecule has 0 radical (unpaired) electrons. The summed E-state index contributed by atoms with van der Waals surface area (Å²) in [5.41, 5.74) is 2.40. The third-order valence-corrected chi connectivity index (χ3v) is 8.07. The third kappa shape index (κ3) is 4.45. The molecule has 0 spiro atoms. The molecule has 5 rings (SSSR count). The van der Waals surface area contributed by atoms with Gasteiger partial charge in [-0.2, -0.15) is 5.26 Å². The Morgan fingerprint density at radius 2 is 2.21 bits per heavy atom. The highest BCUT2D eigenvalue weighted by atomic mass is 32.2. The largest absolute Gasteiger partial charge is 0.376 e. The molecule has 33 heavy (non-hydrogen) atoms. The molecule has 1 saturated heterocycles. The summed E-state index contributed by atoms with van der Waals surface area (Å²) in [6, 6.07) is 6.73. The van der Waals surface area contributed by atoms with Crippen LogP contribution in [0.4, 0.5) is 5.82 Å². The van der Waals surface area contributed by atoms with Crippen molar-refractivity contribution >= 4 is 34.8 Å². The molecule has 2 aliphatic rings. The zero-order valence-electron chi connectivity index (χ0n) is 18.7. The quantitative estimate of drug-likeness (QED) is 0.473. The van der Waals surface area contributed by atoms with Crippen LogP contribution in [-0.4, -0.2) is 43.7 Å². The van der Waals surface area contributed by atoms with Gasteiger partial charge in [0, 0.05) is 18.3 Å². The lowest BCUT2D eigenvalue weighted by molar-refractivity contribution is -0.113. The Bertz CT molecular complexity index is 1200. The number of rotatable bonds is 8. The van der Waals surface area contributed by atoms with E-state index < -0.39 is 0 Å². The first kappa shape index (κ1) is 22.2. The zero-order valence-corrected chi connectivity index (χ0v) is 20.3. The van der Waals surface area contributed by atoms with Gasteiger partial charge < -0.3 is 14.6 Å². The average Bonchev–Trinajstić information content (AvgIpc) is 3.22. The van der Waals surface area contributed by atoms with Crippen LogP contribution in [0.3, 0.4) is 0 Å². The SMILES string of the molecule is Cc1c(C#N)c(NC(=O)CSc2nnc(-c3cccs3)n2C2CC2)n(C[C@@H]2CCCO2)c1C. The number of nitrogens with one attached hydrogen (secondary N) is 1. The number of anilines is 1. The number of nitrogens with zero attached hydrogens (tertiary/aromatic N) is 5. The van der Waals surface area contributed by atoms with Gasteiger partial charge in [-0.1, -0.05) is 17.8 Å². The Hall–Kier alpha value is -2.61. The van der Waals surface area contributed by atoms with Crippen LogP contribution in [0.15, 0.2) is 22.7 Å². The van der Waals surface area contributed by atoms with Crippen LogP contribution in [0.2, 0.25) is 0 Å². The van der Waals surface area contributed by atoms with Crippen molar-refractivity contribution in [3.8, 4) is 16.8 Å². The topological polar surface area (TPSA) is 97.8 Å². The molecule has 2 fully saturated rings. The number of thiophene rings is 1. The standard InChI is InChI=1S/C23H26N6O2S2/c1-14-15(2)28(12-17-5-3-9-31-17)21(18(14)11-24)25-20(30)13-33-23-27-26-22(19-6-4-10-32-19)29(23)16-7-8-16/h4,6,10,16-17H,3,5,7-9,12-13H2,1-2H3,(H,25,30)/t17-/m0/s1. The molecule has 3 aromatic heterocycles. The normalized spacial score (nSPS) is 17.9. The molecule has 172 valence electrons. The van der Waals surface area contributed by atoms with Gasteiger partial charge in [0.25, 0.3) is 0 Å². The van der Waals surface area contributed by atoms with Crippen LogP contribution < -0.4 is 5.32 Å². The first-order valence-electron chi connectivity index (χ1n) is 11.2. The summed E-state index contributed by atoms with van der Waals surface area (Å²) in [5, 5.41) is 24.3. The first-order chi connectivity index (χ1) is 16.1. The number of nitriles is 1. The minimum atomic E-state index is -0.161. The Morgan fingerprint density at radius 3 is 2.88 bits per heavy atom. The minimum Gasteiger partial charge on any atom is -0.376 e. The molecule has 1 saturated carbocycles. The van der Waals surface area contributed by atoms with Crippen LogP contribution >= 0.6 is 23.1 Å². The zero-order chi connectivity index (χ0) is 22.9. The van der Waals surface area contributed by atoms with Gasteiger partial charge in [-0.3, -0.25) is 9.36 Å². The highest BCUT2D eigenvalue weighted by molar-refractivity contribution is 7.99. The van der Waals surface area contributed by atoms with Gasteiger partial charge in [-0.05, 0) is 56.5 Å². The molecule has 0 unspecified atom stereocenters. The van der Waals surface area contributed by atoms with Crippen molar-refractivity contribution in [1.29, 1.82) is 5.26 Å². The molecule has 1 aliphatic heterocycles. The predicted octanol–water partition coefficient (Wildman–Crippen LogP) is 4.54. The van der Waals surface area contributed by atoms with Gasteiger partial charge in [-0.15, -0.1) is 21.5 Å². The van der Waals surface area contributed by atoms with E-state index in [2.05, 4.69) is 26.2 Å². The lowest BCUT2D eigenvalue weighted by Crippen LogP contribution is -2.22. The molecular formula is C23H26N6O2S2. The molecule has 0 bridgehead atoms. The highest BCUT2D eigenvalue weighted by Gasteiger charge is 2.31. The van der Waals surface area contributed by atoms with E-state index in [0.29, 0.717) is 24.0 Å². The van der Waals surface area contributed by atoms with Crippen molar-refractivity contribution in [2.45, 2.75) is 63.4 Å². The van der Waals surface area contributed by atoms with E-state index in [9.17, 15) is 10.1 Å². The number of amides is 1. The summed E-state index contributed by atoms with van der Waals surface area (Å²) in [5.74, 6) is 1.48. The number of carbonyl (C=O) groups excluding carboxylic acids is 1. The highest BCUT2D eigenvalue weighted by Crippen LogP contribution is 2.41. The molecule has 1 amide bonds. The van der Waals surface area contributed by atoms with Crippen LogP contribution in [0.5, 0.6) is 0 Å². The van der Waals surface area contributed by atoms with Crippen LogP contribution in [0, 0.1) is 25.2 Å². The lowest BCUT2D eigenvalue weighted by Gasteiger charge is -2.17. The molecule has 4 heterocycles. The van der Waals surface area contributed by atoms with E-state index >= 15 is 0 Å². The van der Waals surface area contributed by atoms with E-state index in [1.54, 1.807) is 11.3 Å². The summed E-state index contributed by atoms with van der Waals surface area (Å²) >= 11 is 3.03. The summed E-state index contributed by atoms with van der Waals surface area (Å²) < 4.78 is 9.98. The van der Waals surface area contributed by atoms with Crippen LogP contribution in [-0.2, 0) is 16.1 Å². The van der Waals surface area contributed by atoms with E-state index in [1.807, 2.05) is 35.9 Å². The second kappa shape index (κ2) is 9.33. The van der Waals surface area contributed by atoms with Gasteiger partial charge in [0.2, 0.25) is 5.91 Å². The fraction of sp³-hybridized carbons (Fsp3) is 0.478. The fourth-order valence-corrected chi connectivity index (χ4v) is 5.77. The number of thioether (sulfide) groups is 1. The Labute approximate surface area is 201 Å². The molecule has 8 nitrogen and oxygen atoms in total. The van der Waals surface area contributed by atoms with E-state index in [4.69, 9.17) is 4.74 Å². The predicted molar refractivity (Wildman–Crippen MR) is 129 cm³/mol. The first-order valence-corrected chi connectivity index (χ1v) is 13.1. The van der Waals surface area contributed by atoms with Crippen molar-refractivity contribution in [1.82, 2.24) is 19.3 Å². The van der Waals surface area contributed by atoms with Gasteiger partial charge in [0.05, 0.1) is 28.8 Å². The summed E-state index contributed by atoms with van der Waals surface area (Å²) in [6.45, 7) is 5.31. The maximum Gasteiger partial charge on any atom is 0.235 e. The maximum atomic E-state index is 13.0. The second-order valence-corrected chi connectivity index (χ2v) is 10.4. The summed E-state index contributed by atoms with van der Waals surface area (Å²) in [4.78, 5) is 14.0. The summed E-state index contributed by atoms with van der Waals surface area (Å²) in [6.07, 6.45) is 4.36. The Morgan fingerprint density at radius 1 is 1.36 bits per heavy atom. The average molecular weight is 483 g/mol. The lowest BCUT2D eigenvalue weighted by atomic mass is 10.2. The van der Waals surface area contributed by atoms with Crippen molar-refractivity contribution in [3.05, 3.63) is 34.3 Å². The molecule has 1 N–H and O–H groups in total. The van der Waals surface area contributed by atoms with Gasteiger partial charge >= 0.3 is 0 Å². The van der Waals surface area contributed by atoms with Crippen molar-refractivity contribution in [3.63, 3.8) is 0 Å². The summed E-state index contributed by atoms with van der Waals surface area (Å²) in [7, 11) is 0. The van der Waals surface area contributed by atoms with E-state index in [1.165, 1.54) is 11.8 Å². The molecule has 3 aromatic rings. The molecule has 1 aliphatic carbocycles.